The largest absolute Gasteiger partial charge is 0.321 e. The zero-order chi connectivity index (χ0) is 22.0. The Morgan fingerprint density at radius 2 is 1.77 bits per heavy atom. The van der Waals surface area contributed by atoms with Gasteiger partial charge < -0.3 is 5.32 Å². The highest BCUT2D eigenvalue weighted by molar-refractivity contribution is 7.89. The van der Waals surface area contributed by atoms with Crippen molar-refractivity contribution in [3.8, 4) is 5.69 Å². The molecule has 0 radical (unpaired) electrons. The van der Waals surface area contributed by atoms with E-state index in [-0.39, 0.29) is 21.3 Å². The van der Waals surface area contributed by atoms with Crippen molar-refractivity contribution in [1.29, 1.82) is 0 Å². The first-order chi connectivity index (χ1) is 14.9. The summed E-state index contributed by atoms with van der Waals surface area (Å²) in [5.74, 6) is -0.885. The first kappa shape index (κ1) is 21.5. The molecular formula is C21H20ClFN4O3S. The third kappa shape index (κ3) is 4.48. The number of halogens is 2. The molecule has 2 aromatic carbocycles. The lowest BCUT2D eigenvalue weighted by molar-refractivity contribution is 0.102. The molecular weight excluding hydrogens is 443 g/mol. The molecule has 1 N–H and O–H groups in total. The van der Waals surface area contributed by atoms with Crippen LogP contribution < -0.4 is 5.32 Å². The van der Waals surface area contributed by atoms with E-state index in [4.69, 9.17) is 11.6 Å². The molecule has 0 spiro atoms. The van der Waals surface area contributed by atoms with Crippen LogP contribution in [0.25, 0.3) is 5.69 Å². The highest BCUT2D eigenvalue weighted by atomic mass is 35.5. The number of aromatic nitrogens is 2. The standard InChI is InChI=1S/C21H20ClFN4O3S/c22-18-9-6-16(12-20(18)31(29,30)26-10-2-1-3-11-26)25-21(28)19-13-24-14-27(19)17-7-4-15(23)5-8-17/h4-9,12-14H,1-3,10-11H2,(H,25,28). The normalized spacial score (nSPS) is 15.0. The molecule has 0 saturated carbocycles. The number of piperidine rings is 1. The summed E-state index contributed by atoms with van der Waals surface area (Å²) in [6, 6.07) is 9.97. The van der Waals surface area contributed by atoms with E-state index >= 15 is 0 Å². The van der Waals surface area contributed by atoms with E-state index in [0.29, 0.717) is 18.8 Å². The molecule has 3 aromatic rings. The first-order valence-electron chi connectivity index (χ1n) is 9.75. The fraction of sp³-hybridized carbons (Fsp3) is 0.238. The minimum Gasteiger partial charge on any atom is -0.321 e. The Morgan fingerprint density at radius 1 is 1.06 bits per heavy atom. The molecule has 162 valence electrons. The highest BCUT2D eigenvalue weighted by Crippen LogP contribution is 2.29. The molecule has 10 heteroatoms. The van der Waals surface area contributed by atoms with Crippen LogP contribution in [0, 0.1) is 5.82 Å². The van der Waals surface area contributed by atoms with Gasteiger partial charge in [-0.3, -0.25) is 9.36 Å². The van der Waals surface area contributed by atoms with Gasteiger partial charge in [-0.15, -0.1) is 0 Å². The molecule has 1 aliphatic heterocycles. The lowest BCUT2D eigenvalue weighted by atomic mass is 10.2. The molecule has 1 aliphatic rings. The van der Waals surface area contributed by atoms with Gasteiger partial charge in [-0.05, 0) is 55.3 Å². The van der Waals surface area contributed by atoms with Crippen molar-refractivity contribution in [2.75, 3.05) is 18.4 Å². The Bertz CT molecular complexity index is 1210. The van der Waals surface area contributed by atoms with Crippen LogP contribution in [-0.4, -0.2) is 41.3 Å². The van der Waals surface area contributed by atoms with Gasteiger partial charge in [0, 0.05) is 24.5 Å². The van der Waals surface area contributed by atoms with Crippen molar-refractivity contribution in [2.45, 2.75) is 24.2 Å². The van der Waals surface area contributed by atoms with Crippen LogP contribution in [0.1, 0.15) is 29.8 Å². The molecule has 7 nitrogen and oxygen atoms in total. The fourth-order valence-corrected chi connectivity index (χ4v) is 5.51. The number of carbonyl (C=O) groups is 1. The minimum atomic E-state index is -3.76. The van der Waals surface area contributed by atoms with Crippen LogP contribution in [0.4, 0.5) is 10.1 Å². The van der Waals surface area contributed by atoms with Crippen molar-refractivity contribution in [1.82, 2.24) is 13.9 Å². The smallest absolute Gasteiger partial charge is 0.274 e. The SMILES string of the molecule is O=C(Nc1ccc(Cl)c(S(=O)(=O)N2CCCCC2)c1)c1cncn1-c1ccc(F)cc1. The Hall–Kier alpha value is -2.75. The molecule has 2 heterocycles. The zero-order valence-electron chi connectivity index (χ0n) is 16.5. The predicted octanol–water partition coefficient (Wildman–Crippen LogP) is 4.09. The van der Waals surface area contributed by atoms with E-state index < -0.39 is 21.7 Å². The van der Waals surface area contributed by atoms with Crippen molar-refractivity contribution in [2.24, 2.45) is 0 Å². The van der Waals surface area contributed by atoms with Crippen LogP contribution >= 0.6 is 11.6 Å². The van der Waals surface area contributed by atoms with E-state index in [1.165, 1.54) is 63.9 Å². The highest BCUT2D eigenvalue weighted by Gasteiger charge is 2.28. The second-order valence-electron chi connectivity index (χ2n) is 7.19. The second kappa shape index (κ2) is 8.78. The summed E-state index contributed by atoms with van der Waals surface area (Å²) in [4.78, 5) is 16.8. The van der Waals surface area contributed by atoms with E-state index in [2.05, 4.69) is 10.3 Å². The number of benzene rings is 2. The van der Waals surface area contributed by atoms with Gasteiger partial charge in [0.25, 0.3) is 5.91 Å². The molecule has 0 aliphatic carbocycles. The Kier molecular flexibility index (Phi) is 6.08. The molecule has 0 atom stereocenters. The zero-order valence-corrected chi connectivity index (χ0v) is 18.0. The molecule has 31 heavy (non-hydrogen) atoms. The summed E-state index contributed by atoms with van der Waals surface area (Å²) in [7, 11) is -3.76. The average Bonchev–Trinajstić information content (AvgIpc) is 3.26. The summed E-state index contributed by atoms with van der Waals surface area (Å²) in [6.07, 6.45) is 5.43. The number of hydrogen-bond acceptors (Lipinski definition) is 4. The molecule has 1 fully saturated rings. The topological polar surface area (TPSA) is 84.3 Å². The summed E-state index contributed by atoms with van der Waals surface area (Å²) >= 11 is 6.19. The summed E-state index contributed by atoms with van der Waals surface area (Å²) < 4.78 is 42.2. The monoisotopic (exact) mass is 462 g/mol. The van der Waals surface area contributed by atoms with Gasteiger partial charge in [0.1, 0.15) is 16.4 Å². The number of anilines is 1. The summed E-state index contributed by atoms with van der Waals surface area (Å²) in [6.45, 7) is 0.901. The number of nitrogens with zero attached hydrogens (tertiary/aromatic N) is 3. The van der Waals surface area contributed by atoms with Crippen LogP contribution in [0.3, 0.4) is 0 Å². The summed E-state index contributed by atoms with van der Waals surface area (Å²) in [5.41, 5.74) is 1.06. The number of sulfonamides is 1. The molecule has 1 saturated heterocycles. The summed E-state index contributed by atoms with van der Waals surface area (Å²) in [5, 5.41) is 2.79. The third-order valence-electron chi connectivity index (χ3n) is 5.10. The third-order valence-corrected chi connectivity index (χ3v) is 7.48. The number of imidazole rings is 1. The van der Waals surface area contributed by atoms with Crippen molar-refractivity contribution in [3.05, 3.63) is 71.5 Å². The van der Waals surface area contributed by atoms with Gasteiger partial charge in [0.2, 0.25) is 10.0 Å². The van der Waals surface area contributed by atoms with Crippen LogP contribution in [0.5, 0.6) is 0 Å². The Labute approximate surface area is 184 Å². The average molecular weight is 463 g/mol. The maximum Gasteiger partial charge on any atom is 0.274 e. The van der Waals surface area contributed by atoms with Gasteiger partial charge in [0.05, 0.1) is 17.5 Å². The second-order valence-corrected chi connectivity index (χ2v) is 9.50. The van der Waals surface area contributed by atoms with Gasteiger partial charge in [-0.1, -0.05) is 18.0 Å². The van der Waals surface area contributed by atoms with Crippen LogP contribution in [-0.2, 0) is 10.0 Å². The van der Waals surface area contributed by atoms with E-state index in [0.717, 1.165) is 19.3 Å². The van der Waals surface area contributed by atoms with Crippen molar-refractivity contribution >= 4 is 33.2 Å². The molecule has 1 amide bonds. The van der Waals surface area contributed by atoms with Crippen molar-refractivity contribution in [3.63, 3.8) is 0 Å². The van der Waals surface area contributed by atoms with Gasteiger partial charge >= 0.3 is 0 Å². The number of hydrogen-bond donors (Lipinski definition) is 1. The van der Waals surface area contributed by atoms with Gasteiger partial charge in [0.15, 0.2) is 0 Å². The van der Waals surface area contributed by atoms with E-state index in [1.807, 2.05) is 0 Å². The maximum absolute atomic E-state index is 13.2. The quantitative estimate of drug-likeness (QED) is 0.619. The molecule has 4 rings (SSSR count). The molecule has 0 bridgehead atoms. The van der Waals surface area contributed by atoms with Gasteiger partial charge in [-0.2, -0.15) is 4.31 Å². The minimum absolute atomic E-state index is 0.0408. The number of amides is 1. The Morgan fingerprint density at radius 3 is 2.48 bits per heavy atom. The first-order valence-corrected chi connectivity index (χ1v) is 11.6. The van der Waals surface area contributed by atoms with E-state index in [9.17, 15) is 17.6 Å². The van der Waals surface area contributed by atoms with E-state index in [1.54, 1.807) is 0 Å². The maximum atomic E-state index is 13.2. The van der Waals surface area contributed by atoms with Crippen molar-refractivity contribution < 1.29 is 17.6 Å². The van der Waals surface area contributed by atoms with Crippen LogP contribution in [0.2, 0.25) is 5.02 Å². The number of nitrogens with one attached hydrogen (secondary N) is 1. The molecule has 0 unspecified atom stereocenters. The van der Waals surface area contributed by atoms with Gasteiger partial charge in [-0.25, -0.2) is 17.8 Å². The number of rotatable bonds is 5. The predicted molar refractivity (Wildman–Crippen MR) is 116 cm³/mol. The Balaban J connectivity index is 1.60. The van der Waals surface area contributed by atoms with Crippen LogP contribution in [0.15, 0.2) is 59.9 Å². The fourth-order valence-electron chi connectivity index (χ4n) is 3.49. The molecule has 1 aromatic heterocycles. The number of carbonyl (C=O) groups excluding carboxylic acids is 1. The lowest BCUT2D eigenvalue weighted by Crippen LogP contribution is -2.35. The lowest BCUT2D eigenvalue weighted by Gasteiger charge is -2.26.